The molecule has 9 nitrogen and oxygen atoms in total. The number of amides is 2. The molecule has 2 saturated heterocycles. The number of nitrogens with zero attached hydrogens (tertiary/aromatic N) is 6. The number of ether oxygens (including phenoxy) is 1. The second kappa shape index (κ2) is 13.6. The van der Waals surface area contributed by atoms with Crippen molar-refractivity contribution in [3.63, 3.8) is 0 Å². The van der Waals surface area contributed by atoms with Crippen LogP contribution in [0.5, 0.6) is 0 Å². The van der Waals surface area contributed by atoms with Gasteiger partial charge in [0.1, 0.15) is 11.0 Å². The van der Waals surface area contributed by atoms with E-state index in [4.69, 9.17) is 32.9 Å². The number of anilines is 2. The van der Waals surface area contributed by atoms with Gasteiger partial charge in [-0.1, -0.05) is 47.1 Å². The quantitative estimate of drug-likeness (QED) is 0.201. The molecule has 216 valence electrons. The molecule has 0 unspecified atom stereocenters. The average Bonchev–Trinajstić information content (AvgIpc) is 3.00. The number of hydrogen-bond acceptors (Lipinski definition) is 8. The van der Waals surface area contributed by atoms with Crippen molar-refractivity contribution in [2.45, 2.75) is 17.8 Å². The summed E-state index contributed by atoms with van der Waals surface area (Å²) in [6.07, 6.45) is -0.325. The fraction of sp³-hybridized carbons (Fsp3) is 0.379. The lowest BCUT2D eigenvalue weighted by molar-refractivity contribution is 0.0570. The molecular weight excluding hydrogens is 583 g/mol. The zero-order chi connectivity index (χ0) is 28.8. The highest BCUT2D eigenvalue weighted by Crippen LogP contribution is 2.27. The van der Waals surface area contributed by atoms with Gasteiger partial charge < -0.3 is 24.3 Å². The summed E-state index contributed by atoms with van der Waals surface area (Å²) in [6.45, 7) is 7.44. The van der Waals surface area contributed by atoms with Gasteiger partial charge in [0, 0.05) is 80.5 Å². The lowest BCUT2D eigenvalue weighted by Gasteiger charge is -2.36. The van der Waals surface area contributed by atoms with Crippen LogP contribution in [-0.2, 0) is 10.5 Å². The van der Waals surface area contributed by atoms with Crippen molar-refractivity contribution in [3.8, 4) is 0 Å². The molecule has 0 spiro atoms. The minimum Gasteiger partial charge on any atom is -0.450 e. The number of thioether (sulfide) groups is 1. The molecule has 41 heavy (non-hydrogen) atoms. The van der Waals surface area contributed by atoms with Gasteiger partial charge >= 0.3 is 6.09 Å². The summed E-state index contributed by atoms with van der Waals surface area (Å²) in [5, 5.41) is 1.77. The summed E-state index contributed by atoms with van der Waals surface area (Å²) in [4.78, 5) is 42.1. The average molecular weight is 616 g/mol. The standard InChI is InChI=1S/C29H32Cl2N6O3S/c1-2-40-29(39)37-17-15-36(16-18-37)27(38)22-5-3-21(4-6-22)20-41-28-32-25(31)19-26(33-28)35-13-11-34(12-14-35)24-9-7-23(30)8-10-24/h3-10,19H,2,11-18,20H2,1H3. The zero-order valence-corrected chi connectivity index (χ0v) is 25.2. The Morgan fingerprint density at radius 1 is 0.829 bits per heavy atom. The van der Waals surface area contributed by atoms with Gasteiger partial charge in [-0.15, -0.1) is 0 Å². The highest BCUT2D eigenvalue weighted by atomic mass is 35.5. The van der Waals surface area contributed by atoms with Crippen molar-refractivity contribution in [1.82, 2.24) is 19.8 Å². The number of halogens is 2. The molecule has 0 aliphatic carbocycles. The van der Waals surface area contributed by atoms with Crippen molar-refractivity contribution < 1.29 is 14.3 Å². The van der Waals surface area contributed by atoms with Crippen LogP contribution >= 0.6 is 35.0 Å². The third-order valence-corrected chi connectivity index (χ3v) is 8.48. The van der Waals surface area contributed by atoms with E-state index in [1.54, 1.807) is 16.7 Å². The maximum atomic E-state index is 13.0. The van der Waals surface area contributed by atoms with E-state index in [-0.39, 0.29) is 12.0 Å². The topological polar surface area (TPSA) is 82.1 Å². The summed E-state index contributed by atoms with van der Waals surface area (Å²) in [5.74, 6) is 1.44. The number of benzene rings is 2. The first kappa shape index (κ1) is 29.3. The lowest BCUT2D eigenvalue weighted by Crippen LogP contribution is -2.50. The number of piperazine rings is 2. The molecule has 3 aromatic rings. The predicted molar refractivity (Wildman–Crippen MR) is 163 cm³/mol. The van der Waals surface area contributed by atoms with Crippen LogP contribution < -0.4 is 9.80 Å². The van der Waals surface area contributed by atoms with Crippen LogP contribution in [0.4, 0.5) is 16.3 Å². The van der Waals surface area contributed by atoms with E-state index in [0.717, 1.165) is 48.3 Å². The molecular formula is C29H32Cl2N6O3S. The van der Waals surface area contributed by atoms with Gasteiger partial charge in [0.25, 0.3) is 5.91 Å². The van der Waals surface area contributed by atoms with Crippen LogP contribution in [0.15, 0.2) is 59.8 Å². The van der Waals surface area contributed by atoms with E-state index >= 15 is 0 Å². The first-order valence-corrected chi connectivity index (χ1v) is 15.4. The minimum absolute atomic E-state index is 0.0355. The maximum absolute atomic E-state index is 13.0. The van der Waals surface area contributed by atoms with E-state index in [1.165, 1.54) is 11.8 Å². The molecule has 3 heterocycles. The van der Waals surface area contributed by atoms with Crippen LogP contribution in [0.25, 0.3) is 0 Å². The Morgan fingerprint density at radius 2 is 1.46 bits per heavy atom. The second-order valence-electron chi connectivity index (χ2n) is 9.75. The highest BCUT2D eigenvalue weighted by molar-refractivity contribution is 7.98. The maximum Gasteiger partial charge on any atom is 0.409 e. The summed E-state index contributed by atoms with van der Waals surface area (Å²) in [7, 11) is 0. The predicted octanol–water partition coefficient (Wildman–Crippen LogP) is 5.32. The van der Waals surface area contributed by atoms with Gasteiger partial charge in [-0.25, -0.2) is 14.8 Å². The third-order valence-electron chi connectivity index (χ3n) is 7.12. The van der Waals surface area contributed by atoms with Crippen LogP contribution in [0.3, 0.4) is 0 Å². The van der Waals surface area contributed by atoms with Gasteiger partial charge in [0.15, 0.2) is 5.16 Å². The first-order valence-electron chi connectivity index (χ1n) is 13.6. The van der Waals surface area contributed by atoms with Crippen molar-refractivity contribution in [1.29, 1.82) is 0 Å². The minimum atomic E-state index is -0.325. The Labute approximate surface area is 254 Å². The molecule has 12 heteroatoms. The molecule has 0 N–H and O–H groups in total. The number of aromatic nitrogens is 2. The molecule has 0 radical (unpaired) electrons. The molecule has 2 aliphatic rings. The van der Waals surface area contributed by atoms with Crippen LogP contribution in [-0.4, -0.2) is 90.7 Å². The number of carbonyl (C=O) groups is 2. The van der Waals surface area contributed by atoms with Crippen molar-refractivity contribution >= 4 is 58.5 Å². The summed E-state index contributed by atoms with van der Waals surface area (Å²) >= 11 is 13.9. The summed E-state index contributed by atoms with van der Waals surface area (Å²) < 4.78 is 5.05. The van der Waals surface area contributed by atoms with Gasteiger partial charge in [-0.2, -0.15) is 0 Å². The smallest absolute Gasteiger partial charge is 0.409 e. The monoisotopic (exact) mass is 614 g/mol. The van der Waals surface area contributed by atoms with Gasteiger partial charge in [-0.3, -0.25) is 4.79 Å². The van der Waals surface area contributed by atoms with E-state index in [1.807, 2.05) is 54.6 Å². The molecule has 0 saturated carbocycles. The number of carbonyl (C=O) groups excluding carboxylic acids is 2. The highest BCUT2D eigenvalue weighted by Gasteiger charge is 2.25. The fourth-order valence-corrected chi connectivity index (χ4v) is 6.00. The van der Waals surface area contributed by atoms with Gasteiger partial charge in [-0.05, 0) is 48.9 Å². The van der Waals surface area contributed by atoms with Gasteiger partial charge in [0.2, 0.25) is 0 Å². The van der Waals surface area contributed by atoms with Crippen molar-refractivity contribution in [3.05, 3.63) is 75.9 Å². The molecule has 0 bridgehead atoms. The molecule has 2 fully saturated rings. The van der Waals surface area contributed by atoms with Crippen LogP contribution in [0.1, 0.15) is 22.8 Å². The number of rotatable bonds is 7. The van der Waals surface area contributed by atoms with Crippen molar-refractivity contribution in [2.24, 2.45) is 0 Å². The van der Waals surface area contributed by atoms with Crippen LogP contribution in [0, 0.1) is 0 Å². The molecule has 2 amide bonds. The fourth-order valence-electron chi connectivity index (χ4n) is 4.84. The number of hydrogen-bond donors (Lipinski definition) is 0. The summed E-state index contributed by atoms with van der Waals surface area (Å²) in [5.41, 5.74) is 2.85. The zero-order valence-electron chi connectivity index (χ0n) is 22.8. The Bertz CT molecular complexity index is 1350. The first-order chi connectivity index (χ1) is 19.9. The van der Waals surface area contributed by atoms with E-state index in [0.29, 0.717) is 54.4 Å². The third kappa shape index (κ3) is 7.55. The molecule has 5 rings (SSSR count). The molecule has 0 atom stereocenters. The Morgan fingerprint density at radius 3 is 2.12 bits per heavy atom. The Hall–Kier alpha value is -3.21. The van der Waals surface area contributed by atoms with E-state index in [2.05, 4.69) is 14.8 Å². The Balaban J connectivity index is 1.13. The molecule has 2 aliphatic heterocycles. The molecule has 1 aromatic heterocycles. The molecule has 2 aromatic carbocycles. The normalized spacial score (nSPS) is 15.7. The largest absolute Gasteiger partial charge is 0.450 e. The Kier molecular flexibility index (Phi) is 9.74. The lowest BCUT2D eigenvalue weighted by atomic mass is 10.1. The SMILES string of the molecule is CCOC(=O)N1CCN(C(=O)c2ccc(CSc3nc(Cl)cc(N4CCN(c5ccc(Cl)cc5)CC4)n3)cc2)CC1. The van der Waals surface area contributed by atoms with E-state index < -0.39 is 0 Å². The van der Waals surface area contributed by atoms with Crippen LogP contribution in [0.2, 0.25) is 10.2 Å². The second-order valence-corrected chi connectivity index (χ2v) is 11.5. The van der Waals surface area contributed by atoms with E-state index in [9.17, 15) is 9.59 Å². The van der Waals surface area contributed by atoms with Crippen molar-refractivity contribution in [2.75, 3.05) is 68.8 Å². The van der Waals surface area contributed by atoms with Gasteiger partial charge in [0.05, 0.1) is 6.61 Å². The summed E-state index contributed by atoms with van der Waals surface area (Å²) in [6, 6.07) is 17.3.